The molecule has 0 aliphatic carbocycles. The third-order valence-electron chi connectivity index (χ3n) is 3.81. The van der Waals surface area contributed by atoms with Crippen molar-refractivity contribution >= 4 is 0 Å². The second-order valence-corrected chi connectivity index (χ2v) is 5.74. The van der Waals surface area contributed by atoms with E-state index in [1.807, 2.05) is 12.4 Å². The highest BCUT2D eigenvalue weighted by atomic mass is 14.9. The molecule has 0 radical (unpaired) electrons. The van der Waals surface area contributed by atoms with Crippen molar-refractivity contribution in [1.29, 1.82) is 0 Å². The maximum absolute atomic E-state index is 4.28. The van der Waals surface area contributed by atoms with Crippen LogP contribution in [-0.4, -0.2) is 11.5 Å². The van der Waals surface area contributed by atoms with Crippen LogP contribution in [0.4, 0.5) is 0 Å². The van der Waals surface area contributed by atoms with Crippen LogP contribution in [0.2, 0.25) is 0 Å². The van der Waals surface area contributed by atoms with Crippen molar-refractivity contribution in [1.82, 2.24) is 10.3 Å². The maximum atomic E-state index is 4.28. The molecule has 0 aliphatic heterocycles. The number of nitrogens with zero attached hydrogens (tertiary/aromatic N) is 1. The fourth-order valence-corrected chi connectivity index (χ4v) is 2.89. The molecule has 1 aromatic heterocycles. The molecule has 0 saturated carbocycles. The zero-order valence-corrected chi connectivity index (χ0v) is 13.6. The van der Waals surface area contributed by atoms with Gasteiger partial charge in [-0.15, -0.1) is 0 Å². The molecule has 1 atom stereocenters. The quantitative estimate of drug-likeness (QED) is 0.852. The van der Waals surface area contributed by atoms with Crippen molar-refractivity contribution in [3.05, 3.63) is 64.5 Å². The summed E-state index contributed by atoms with van der Waals surface area (Å²) in [6, 6.07) is 9.22. The fourth-order valence-electron chi connectivity index (χ4n) is 2.89. The number of nitrogens with one attached hydrogen (secondary N) is 1. The molecule has 0 bridgehead atoms. The Balaban J connectivity index is 2.46. The summed E-state index contributed by atoms with van der Waals surface area (Å²) in [5.41, 5.74) is 6.67. The molecule has 2 aromatic rings. The minimum atomic E-state index is 0.251. The van der Waals surface area contributed by atoms with E-state index < -0.39 is 0 Å². The van der Waals surface area contributed by atoms with E-state index >= 15 is 0 Å². The molecule has 0 saturated heterocycles. The van der Waals surface area contributed by atoms with Crippen molar-refractivity contribution in [3.8, 4) is 0 Å². The van der Waals surface area contributed by atoms with Crippen molar-refractivity contribution in [2.24, 2.45) is 0 Å². The Bertz CT molecular complexity index is 570. The molecule has 2 heteroatoms. The summed E-state index contributed by atoms with van der Waals surface area (Å²) in [4.78, 5) is 4.28. The number of benzene rings is 1. The van der Waals surface area contributed by atoms with E-state index in [0.29, 0.717) is 0 Å². The summed E-state index contributed by atoms with van der Waals surface area (Å²) in [5, 5.41) is 3.70. The molecular weight excluding hydrogens is 256 g/mol. The van der Waals surface area contributed by atoms with Crippen molar-refractivity contribution in [2.45, 2.75) is 46.6 Å². The van der Waals surface area contributed by atoms with E-state index in [9.17, 15) is 0 Å². The van der Waals surface area contributed by atoms with Crippen LogP contribution in [0.3, 0.4) is 0 Å². The van der Waals surface area contributed by atoms with Gasteiger partial charge < -0.3 is 5.32 Å². The van der Waals surface area contributed by atoms with Gasteiger partial charge in [0.15, 0.2) is 0 Å². The highest BCUT2D eigenvalue weighted by Crippen LogP contribution is 2.26. The zero-order chi connectivity index (χ0) is 15.2. The van der Waals surface area contributed by atoms with E-state index in [4.69, 9.17) is 0 Å². The summed E-state index contributed by atoms with van der Waals surface area (Å²) in [6.07, 6.45) is 6.04. The molecular formula is C19H26N2. The average molecular weight is 282 g/mol. The lowest BCUT2D eigenvalue weighted by molar-refractivity contribution is 0.593. The molecule has 0 aliphatic rings. The van der Waals surface area contributed by atoms with Crippen LogP contribution < -0.4 is 5.32 Å². The van der Waals surface area contributed by atoms with Gasteiger partial charge in [0.2, 0.25) is 0 Å². The van der Waals surface area contributed by atoms with Crippen LogP contribution in [0, 0.1) is 13.8 Å². The molecule has 1 N–H and O–H groups in total. The lowest BCUT2D eigenvalue weighted by Crippen LogP contribution is -2.24. The molecule has 0 amide bonds. The SMILES string of the molecule is CCCNC(c1cc(C)cc(C)c1)c1ccncc1CC. The van der Waals surface area contributed by atoms with Gasteiger partial charge in [0.05, 0.1) is 6.04 Å². The first kappa shape index (κ1) is 15.7. The van der Waals surface area contributed by atoms with Crippen LogP contribution in [0.25, 0.3) is 0 Å². The van der Waals surface area contributed by atoms with Crippen LogP contribution >= 0.6 is 0 Å². The summed E-state index contributed by atoms with van der Waals surface area (Å²) in [7, 11) is 0. The first-order valence-electron chi connectivity index (χ1n) is 7.90. The number of rotatable bonds is 6. The van der Waals surface area contributed by atoms with Gasteiger partial charge in [0, 0.05) is 12.4 Å². The first-order chi connectivity index (χ1) is 10.2. The van der Waals surface area contributed by atoms with Crippen LogP contribution in [0.15, 0.2) is 36.7 Å². The second-order valence-electron chi connectivity index (χ2n) is 5.74. The molecule has 2 rings (SSSR count). The number of aryl methyl sites for hydroxylation is 3. The van der Waals surface area contributed by atoms with Crippen LogP contribution in [-0.2, 0) is 6.42 Å². The van der Waals surface area contributed by atoms with Gasteiger partial charge in [-0.1, -0.05) is 43.2 Å². The Labute approximate surface area is 128 Å². The van der Waals surface area contributed by atoms with Crippen LogP contribution in [0.1, 0.15) is 54.1 Å². The number of aromatic nitrogens is 1. The molecule has 1 aromatic carbocycles. The van der Waals surface area contributed by atoms with E-state index in [1.165, 1.54) is 27.8 Å². The third-order valence-corrected chi connectivity index (χ3v) is 3.81. The number of hydrogen-bond acceptors (Lipinski definition) is 2. The molecule has 1 heterocycles. The molecule has 0 spiro atoms. The lowest BCUT2D eigenvalue weighted by Gasteiger charge is -2.23. The predicted molar refractivity (Wildman–Crippen MR) is 89.7 cm³/mol. The Morgan fingerprint density at radius 1 is 1.10 bits per heavy atom. The van der Waals surface area contributed by atoms with Gasteiger partial charge in [-0.2, -0.15) is 0 Å². The average Bonchev–Trinajstić information content (AvgIpc) is 2.47. The lowest BCUT2D eigenvalue weighted by atomic mass is 9.92. The smallest absolute Gasteiger partial charge is 0.0580 e. The Hall–Kier alpha value is -1.67. The van der Waals surface area contributed by atoms with Crippen molar-refractivity contribution < 1.29 is 0 Å². The third kappa shape index (κ3) is 3.92. The fraction of sp³-hybridized carbons (Fsp3) is 0.421. The van der Waals surface area contributed by atoms with Crippen LogP contribution in [0.5, 0.6) is 0 Å². The van der Waals surface area contributed by atoms with Crippen molar-refractivity contribution in [2.75, 3.05) is 6.54 Å². The highest BCUT2D eigenvalue weighted by molar-refractivity contribution is 5.39. The monoisotopic (exact) mass is 282 g/mol. The summed E-state index contributed by atoms with van der Waals surface area (Å²) in [5.74, 6) is 0. The largest absolute Gasteiger partial charge is 0.306 e. The standard InChI is InChI=1S/C19H26N2/c1-5-8-21-19(17-11-14(3)10-15(4)12-17)18-7-9-20-13-16(18)6-2/h7,9-13,19,21H,5-6,8H2,1-4H3. The Kier molecular flexibility index (Phi) is 5.51. The van der Waals surface area contributed by atoms with Gasteiger partial charge in [-0.3, -0.25) is 4.98 Å². The topological polar surface area (TPSA) is 24.9 Å². The molecule has 2 nitrogen and oxygen atoms in total. The van der Waals surface area contributed by atoms with E-state index in [2.05, 4.69) is 62.3 Å². The second kappa shape index (κ2) is 7.37. The summed E-state index contributed by atoms with van der Waals surface area (Å²) < 4.78 is 0. The van der Waals surface area contributed by atoms with Gasteiger partial charge in [-0.05, 0) is 56.0 Å². The normalized spacial score (nSPS) is 12.4. The summed E-state index contributed by atoms with van der Waals surface area (Å²) >= 11 is 0. The van der Waals surface area contributed by atoms with Gasteiger partial charge in [-0.25, -0.2) is 0 Å². The minimum Gasteiger partial charge on any atom is -0.306 e. The number of pyridine rings is 1. The van der Waals surface area contributed by atoms with E-state index in [0.717, 1.165) is 19.4 Å². The van der Waals surface area contributed by atoms with E-state index in [-0.39, 0.29) is 6.04 Å². The maximum Gasteiger partial charge on any atom is 0.0580 e. The molecule has 112 valence electrons. The van der Waals surface area contributed by atoms with Gasteiger partial charge in [0.25, 0.3) is 0 Å². The van der Waals surface area contributed by atoms with Gasteiger partial charge >= 0.3 is 0 Å². The highest BCUT2D eigenvalue weighted by Gasteiger charge is 2.16. The first-order valence-corrected chi connectivity index (χ1v) is 7.90. The number of hydrogen-bond donors (Lipinski definition) is 1. The minimum absolute atomic E-state index is 0.251. The summed E-state index contributed by atoms with van der Waals surface area (Å²) in [6.45, 7) is 9.75. The Morgan fingerprint density at radius 3 is 2.43 bits per heavy atom. The molecule has 21 heavy (non-hydrogen) atoms. The molecule has 1 unspecified atom stereocenters. The predicted octanol–water partition coefficient (Wildman–Crippen LogP) is 4.35. The van der Waals surface area contributed by atoms with Gasteiger partial charge in [0.1, 0.15) is 0 Å². The van der Waals surface area contributed by atoms with Crippen molar-refractivity contribution in [3.63, 3.8) is 0 Å². The zero-order valence-electron chi connectivity index (χ0n) is 13.6. The van der Waals surface area contributed by atoms with E-state index in [1.54, 1.807) is 0 Å². The Morgan fingerprint density at radius 2 is 1.81 bits per heavy atom. The molecule has 0 fully saturated rings.